The molecule has 2 rings (SSSR count). The average molecular weight is 313 g/mol. The second-order valence-electron chi connectivity index (χ2n) is 4.96. The summed E-state index contributed by atoms with van der Waals surface area (Å²) in [5.41, 5.74) is 1.96. The van der Waals surface area contributed by atoms with E-state index in [1.54, 1.807) is 11.3 Å². The Morgan fingerprint density at radius 2 is 2.20 bits per heavy atom. The molecule has 4 nitrogen and oxygen atoms in total. The minimum atomic E-state index is 0.244. The molecule has 1 N–H and O–H groups in total. The quantitative estimate of drug-likeness (QED) is 0.888. The maximum Gasteiger partial charge on any atom is 0.0897 e. The summed E-state index contributed by atoms with van der Waals surface area (Å²) in [5.74, 6) is 0. The van der Waals surface area contributed by atoms with Crippen molar-refractivity contribution in [2.75, 3.05) is 6.54 Å². The summed E-state index contributed by atoms with van der Waals surface area (Å²) in [6.45, 7) is 7.13. The van der Waals surface area contributed by atoms with E-state index < -0.39 is 0 Å². The molecule has 0 aliphatic heterocycles. The van der Waals surface area contributed by atoms with Gasteiger partial charge in [-0.05, 0) is 26.8 Å². The van der Waals surface area contributed by atoms with Gasteiger partial charge in [0, 0.05) is 30.6 Å². The Balaban J connectivity index is 2.23. The molecule has 2 aromatic rings. The van der Waals surface area contributed by atoms with Gasteiger partial charge in [-0.3, -0.25) is 4.68 Å². The molecule has 0 amide bonds. The van der Waals surface area contributed by atoms with Gasteiger partial charge in [0.25, 0.3) is 0 Å². The van der Waals surface area contributed by atoms with E-state index in [2.05, 4.69) is 22.3 Å². The summed E-state index contributed by atoms with van der Waals surface area (Å²) in [7, 11) is 1.95. The predicted octanol–water partition coefficient (Wildman–Crippen LogP) is 3.43. The van der Waals surface area contributed by atoms with Crippen LogP contribution < -0.4 is 5.32 Å². The lowest BCUT2D eigenvalue weighted by atomic mass is 10.1. The fraction of sp³-hybridized carbons (Fsp3) is 0.571. The molecule has 1 unspecified atom stereocenters. The van der Waals surface area contributed by atoms with E-state index in [0.29, 0.717) is 0 Å². The molecule has 0 aliphatic rings. The van der Waals surface area contributed by atoms with Crippen LogP contribution in [-0.2, 0) is 13.5 Å². The maximum atomic E-state index is 6.36. The Morgan fingerprint density at radius 1 is 1.45 bits per heavy atom. The first-order valence-corrected chi connectivity index (χ1v) is 8.06. The molecule has 20 heavy (non-hydrogen) atoms. The van der Waals surface area contributed by atoms with Gasteiger partial charge in [0.1, 0.15) is 0 Å². The molecule has 0 saturated carbocycles. The molecule has 0 fully saturated rings. The van der Waals surface area contributed by atoms with Gasteiger partial charge in [-0.1, -0.05) is 18.5 Å². The van der Waals surface area contributed by atoms with E-state index in [1.807, 2.05) is 31.8 Å². The van der Waals surface area contributed by atoms with Crippen molar-refractivity contribution in [2.24, 2.45) is 7.05 Å². The van der Waals surface area contributed by atoms with Crippen molar-refractivity contribution in [1.82, 2.24) is 20.1 Å². The molecule has 110 valence electrons. The van der Waals surface area contributed by atoms with Crippen molar-refractivity contribution < 1.29 is 0 Å². The standard InChI is InChI=1S/C14H21ClN4S/c1-5-6-16-11(13-8-17-10(3)20-13)7-12-14(15)9(2)18-19(12)4/h8,11,16H,5-7H2,1-4H3. The highest BCUT2D eigenvalue weighted by Crippen LogP contribution is 2.28. The number of hydrogen-bond acceptors (Lipinski definition) is 4. The van der Waals surface area contributed by atoms with Gasteiger partial charge < -0.3 is 5.32 Å². The van der Waals surface area contributed by atoms with E-state index in [1.165, 1.54) is 4.88 Å². The highest BCUT2D eigenvalue weighted by Gasteiger charge is 2.19. The van der Waals surface area contributed by atoms with Crippen LogP contribution in [0.2, 0.25) is 5.02 Å². The summed E-state index contributed by atoms with van der Waals surface area (Å²) in [6, 6.07) is 0.244. The number of nitrogens with one attached hydrogen (secondary N) is 1. The van der Waals surface area contributed by atoms with Crippen LogP contribution in [0.3, 0.4) is 0 Å². The molecule has 0 aromatic carbocycles. The fourth-order valence-corrected chi connectivity index (χ4v) is 3.32. The Kier molecular flexibility index (Phi) is 5.18. The van der Waals surface area contributed by atoms with E-state index in [0.717, 1.165) is 40.8 Å². The largest absolute Gasteiger partial charge is 0.309 e. The van der Waals surface area contributed by atoms with Crippen LogP contribution >= 0.6 is 22.9 Å². The summed E-state index contributed by atoms with van der Waals surface area (Å²) in [5, 5.41) is 9.84. The molecule has 1 atom stereocenters. The van der Waals surface area contributed by atoms with Crippen molar-refractivity contribution in [2.45, 2.75) is 39.7 Å². The van der Waals surface area contributed by atoms with Crippen molar-refractivity contribution in [3.05, 3.63) is 32.5 Å². The van der Waals surface area contributed by atoms with Crippen LogP contribution in [0.25, 0.3) is 0 Å². The third kappa shape index (κ3) is 3.40. The smallest absolute Gasteiger partial charge is 0.0897 e. The third-order valence-electron chi connectivity index (χ3n) is 3.28. The Hall–Kier alpha value is -0.910. The average Bonchev–Trinajstić information content (AvgIpc) is 2.93. The topological polar surface area (TPSA) is 42.7 Å². The van der Waals surface area contributed by atoms with Gasteiger partial charge in [0.05, 0.1) is 21.4 Å². The normalized spacial score (nSPS) is 12.8. The summed E-state index contributed by atoms with van der Waals surface area (Å²) in [4.78, 5) is 5.62. The molecule has 0 saturated heterocycles. The molecular weight excluding hydrogens is 292 g/mol. The van der Waals surface area contributed by atoms with Gasteiger partial charge in [-0.2, -0.15) is 5.10 Å². The lowest BCUT2D eigenvalue weighted by molar-refractivity contribution is 0.518. The minimum absolute atomic E-state index is 0.244. The third-order valence-corrected chi connectivity index (χ3v) is 4.80. The first-order valence-electron chi connectivity index (χ1n) is 6.86. The number of rotatable bonds is 6. The van der Waals surface area contributed by atoms with Crippen molar-refractivity contribution >= 4 is 22.9 Å². The lowest BCUT2D eigenvalue weighted by Crippen LogP contribution is -2.24. The SMILES string of the molecule is CCCNC(Cc1c(Cl)c(C)nn1C)c1cnc(C)s1. The summed E-state index contributed by atoms with van der Waals surface area (Å²) in [6.07, 6.45) is 3.90. The fourth-order valence-electron chi connectivity index (χ4n) is 2.23. The van der Waals surface area contributed by atoms with E-state index >= 15 is 0 Å². The van der Waals surface area contributed by atoms with E-state index in [4.69, 9.17) is 11.6 Å². The molecule has 0 aliphatic carbocycles. The van der Waals surface area contributed by atoms with Crippen LogP contribution in [0.1, 0.15) is 40.7 Å². The molecule has 2 heterocycles. The number of halogens is 1. The summed E-state index contributed by atoms with van der Waals surface area (Å²) < 4.78 is 1.88. The molecule has 2 aromatic heterocycles. The Labute approximate surface area is 129 Å². The second-order valence-corrected chi connectivity index (χ2v) is 6.61. The van der Waals surface area contributed by atoms with E-state index in [-0.39, 0.29) is 6.04 Å². The second kappa shape index (κ2) is 6.70. The first-order chi connectivity index (χ1) is 9.52. The monoisotopic (exact) mass is 312 g/mol. The van der Waals surface area contributed by atoms with Crippen LogP contribution in [0.15, 0.2) is 6.20 Å². The van der Waals surface area contributed by atoms with Gasteiger partial charge in [0.2, 0.25) is 0 Å². The lowest BCUT2D eigenvalue weighted by Gasteiger charge is -2.17. The van der Waals surface area contributed by atoms with Gasteiger partial charge in [0.15, 0.2) is 0 Å². The number of aryl methyl sites for hydroxylation is 3. The molecule has 0 bridgehead atoms. The highest BCUT2D eigenvalue weighted by molar-refractivity contribution is 7.11. The van der Waals surface area contributed by atoms with Gasteiger partial charge in [-0.15, -0.1) is 11.3 Å². The molecular formula is C14H21ClN4S. The van der Waals surface area contributed by atoms with Gasteiger partial charge >= 0.3 is 0 Å². The minimum Gasteiger partial charge on any atom is -0.309 e. The zero-order valence-electron chi connectivity index (χ0n) is 12.4. The number of nitrogens with zero attached hydrogens (tertiary/aromatic N) is 3. The van der Waals surface area contributed by atoms with Crippen molar-refractivity contribution in [1.29, 1.82) is 0 Å². The van der Waals surface area contributed by atoms with Crippen LogP contribution in [0.5, 0.6) is 0 Å². The zero-order valence-corrected chi connectivity index (χ0v) is 14.0. The first kappa shape index (κ1) is 15.5. The van der Waals surface area contributed by atoms with Crippen molar-refractivity contribution in [3.63, 3.8) is 0 Å². The van der Waals surface area contributed by atoms with Crippen molar-refractivity contribution in [3.8, 4) is 0 Å². The Bertz CT molecular complexity index is 576. The van der Waals surface area contributed by atoms with Crippen LogP contribution in [0.4, 0.5) is 0 Å². The van der Waals surface area contributed by atoms with Crippen LogP contribution in [-0.4, -0.2) is 21.3 Å². The summed E-state index contributed by atoms with van der Waals surface area (Å²) >= 11 is 8.10. The number of aromatic nitrogens is 3. The Morgan fingerprint density at radius 3 is 2.70 bits per heavy atom. The predicted molar refractivity (Wildman–Crippen MR) is 84.5 cm³/mol. The highest BCUT2D eigenvalue weighted by atomic mass is 35.5. The molecule has 0 spiro atoms. The van der Waals surface area contributed by atoms with Crippen LogP contribution in [0, 0.1) is 13.8 Å². The number of hydrogen-bond donors (Lipinski definition) is 1. The molecule has 6 heteroatoms. The van der Waals surface area contributed by atoms with Gasteiger partial charge in [-0.25, -0.2) is 4.98 Å². The van der Waals surface area contributed by atoms with E-state index in [9.17, 15) is 0 Å². The zero-order chi connectivity index (χ0) is 14.7. The number of thiazole rings is 1. The maximum absolute atomic E-state index is 6.36. The molecule has 0 radical (unpaired) electrons.